The highest BCUT2D eigenvalue weighted by Gasteiger charge is 2.14. The summed E-state index contributed by atoms with van der Waals surface area (Å²) in [6.07, 6.45) is 0.809. The van der Waals surface area contributed by atoms with Crippen LogP contribution in [0.25, 0.3) is 11.4 Å². The second-order valence-electron chi connectivity index (χ2n) is 3.66. The van der Waals surface area contributed by atoms with Gasteiger partial charge in [0, 0.05) is 0 Å². The molecule has 0 saturated heterocycles. The summed E-state index contributed by atoms with van der Waals surface area (Å²) >= 11 is 8.91. The molecule has 0 aliphatic carbocycles. The molecule has 100 valence electrons. The first kappa shape index (κ1) is 14.1. The van der Waals surface area contributed by atoms with E-state index in [4.69, 9.17) is 16.3 Å². The minimum Gasteiger partial charge on any atom is -0.463 e. The first-order valence-electron chi connectivity index (χ1n) is 5.60. The zero-order valence-corrected chi connectivity index (χ0v) is 12.4. The van der Waals surface area contributed by atoms with Crippen molar-refractivity contribution in [1.82, 2.24) is 15.0 Å². The van der Waals surface area contributed by atoms with Gasteiger partial charge >= 0.3 is 6.01 Å². The molecule has 1 aromatic heterocycles. The monoisotopic (exact) mass is 345 g/mol. The molecule has 0 aliphatic heterocycles. The fourth-order valence-electron chi connectivity index (χ4n) is 1.39. The maximum absolute atomic E-state index is 14.0. The van der Waals surface area contributed by atoms with Crippen molar-refractivity contribution in [3.63, 3.8) is 0 Å². The Kier molecular flexibility index (Phi) is 4.66. The molecule has 0 fully saturated rings. The average Bonchev–Trinajstić information content (AvgIpc) is 2.39. The standard InChI is InChI=1S/C12H10BrClFN3O/c1-2-6-19-12-17-10(16-11(14)18-12)7-4-3-5-8(13)9(7)15/h3-5H,2,6H2,1H3. The number of ether oxygens (including phenoxy) is 1. The summed E-state index contributed by atoms with van der Waals surface area (Å²) in [5.41, 5.74) is 0.236. The Morgan fingerprint density at radius 2 is 2.11 bits per heavy atom. The molecule has 0 atom stereocenters. The number of hydrogen-bond acceptors (Lipinski definition) is 4. The van der Waals surface area contributed by atoms with Crippen LogP contribution in [0.3, 0.4) is 0 Å². The van der Waals surface area contributed by atoms with Crippen LogP contribution in [0, 0.1) is 5.82 Å². The fourth-order valence-corrected chi connectivity index (χ4v) is 1.91. The van der Waals surface area contributed by atoms with Gasteiger partial charge < -0.3 is 4.74 Å². The van der Waals surface area contributed by atoms with Crippen LogP contribution in [-0.4, -0.2) is 21.6 Å². The molecule has 0 saturated carbocycles. The van der Waals surface area contributed by atoms with Crippen LogP contribution >= 0.6 is 27.5 Å². The quantitative estimate of drug-likeness (QED) is 0.843. The summed E-state index contributed by atoms with van der Waals surface area (Å²) in [6.45, 7) is 2.42. The summed E-state index contributed by atoms with van der Waals surface area (Å²) in [6, 6.07) is 4.94. The molecular weight excluding hydrogens is 337 g/mol. The van der Waals surface area contributed by atoms with E-state index in [1.54, 1.807) is 18.2 Å². The molecule has 1 heterocycles. The van der Waals surface area contributed by atoms with Crippen molar-refractivity contribution in [3.05, 3.63) is 33.8 Å². The molecule has 0 unspecified atom stereocenters. The largest absolute Gasteiger partial charge is 0.463 e. The molecule has 0 N–H and O–H groups in total. The minimum atomic E-state index is -0.453. The van der Waals surface area contributed by atoms with Crippen molar-refractivity contribution in [2.24, 2.45) is 0 Å². The van der Waals surface area contributed by atoms with E-state index < -0.39 is 5.82 Å². The molecule has 0 spiro atoms. The predicted molar refractivity (Wildman–Crippen MR) is 73.7 cm³/mol. The van der Waals surface area contributed by atoms with Gasteiger partial charge in [-0.05, 0) is 46.1 Å². The molecule has 0 amide bonds. The van der Waals surface area contributed by atoms with E-state index in [0.29, 0.717) is 11.1 Å². The minimum absolute atomic E-state index is 0.0320. The molecule has 2 rings (SSSR count). The van der Waals surface area contributed by atoms with Crippen molar-refractivity contribution in [2.75, 3.05) is 6.61 Å². The maximum Gasteiger partial charge on any atom is 0.321 e. The fraction of sp³-hybridized carbons (Fsp3) is 0.250. The lowest BCUT2D eigenvalue weighted by Gasteiger charge is -2.06. The van der Waals surface area contributed by atoms with Crippen molar-refractivity contribution < 1.29 is 9.13 Å². The second kappa shape index (κ2) is 6.25. The Bertz CT molecular complexity index is 597. The second-order valence-corrected chi connectivity index (χ2v) is 4.85. The number of benzene rings is 1. The lowest BCUT2D eigenvalue weighted by molar-refractivity contribution is 0.291. The van der Waals surface area contributed by atoms with Crippen LogP contribution in [-0.2, 0) is 0 Å². The highest BCUT2D eigenvalue weighted by atomic mass is 79.9. The lowest BCUT2D eigenvalue weighted by Crippen LogP contribution is -2.03. The first-order valence-corrected chi connectivity index (χ1v) is 6.77. The third-order valence-electron chi connectivity index (χ3n) is 2.22. The number of hydrogen-bond donors (Lipinski definition) is 0. The SMILES string of the molecule is CCCOc1nc(Cl)nc(-c2cccc(Br)c2F)n1. The van der Waals surface area contributed by atoms with Crippen molar-refractivity contribution in [3.8, 4) is 17.4 Å². The molecule has 0 bridgehead atoms. The molecule has 1 aromatic carbocycles. The van der Waals surface area contributed by atoms with Gasteiger partial charge in [0.1, 0.15) is 5.82 Å². The summed E-state index contributed by atoms with van der Waals surface area (Å²) in [4.78, 5) is 11.8. The molecule has 2 aromatic rings. The van der Waals surface area contributed by atoms with Gasteiger partial charge in [-0.2, -0.15) is 15.0 Å². The first-order chi connectivity index (χ1) is 9.11. The Morgan fingerprint density at radius 3 is 2.84 bits per heavy atom. The smallest absolute Gasteiger partial charge is 0.321 e. The van der Waals surface area contributed by atoms with Crippen LogP contribution in [0.2, 0.25) is 5.28 Å². The summed E-state index contributed by atoms with van der Waals surface area (Å²) < 4.78 is 19.6. The van der Waals surface area contributed by atoms with Gasteiger partial charge in [0.25, 0.3) is 0 Å². The maximum atomic E-state index is 14.0. The number of nitrogens with zero attached hydrogens (tertiary/aromatic N) is 3. The van der Waals surface area contributed by atoms with Gasteiger partial charge in [0.2, 0.25) is 5.28 Å². The highest BCUT2D eigenvalue weighted by Crippen LogP contribution is 2.26. The van der Waals surface area contributed by atoms with Crippen LogP contribution in [0.15, 0.2) is 22.7 Å². The van der Waals surface area contributed by atoms with Crippen molar-refractivity contribution in [1.29, 1.82) is 0 Å². The van der Waals surface area contributed by atoms with Crippen molar-refractivity contribution in [2.45, 2.75) is 13.3 Å². The van der Waals surface area contributed by atoms with Gasteiger partial charge in [-0.1, -0.05) is 13.0 Å². The number of aromatic nitrogens is 3. The van der Waals surface area contributed by atoms with E-state index in [2.05, 4.69) is 30.9 Å². The normalized spacial score (nSPS) is 10.5. The molecule has 19 heavy (non-hydrogen) atoms. The van der Waals surface area contributed by atoms with E-state index in [9.17, 15) is 4.39 Å². The lowest BCUT2D eigenvalue weighted by atomic mass is 10.2. The zero-order valence-electron chi connectivity index (χ0n) is 10.0. The summed E-state index contributed by atoms with van der Waals surface area (Å²) in [7, 11) is 0. The molecule has 7 heteroatoms. The van der Waals surface area contributed by atoms with Crippen LogP contribution in [0.5, 0.6) is 6.01 Å². The van der Waals surface area contributed by atoms with E-state index in [1.165, 1.54) is 0 Å². The molecule has 0 radical (unpaired) electrons. The topological polar surface area (TPSA) is 47.9 Å². The van der Waals surface area contributed by atoms with Gasteiger partial charge in [-0.25, -0.2) is 4.39 Å². The van der Waals surface area contributed by atoms with E-state index in [1.807, 2.05) is 6.92 Å². The van der Waals surface area contributed by atoms with Gasteiger partial charge in [-0.3, -0.25) is 0 Å². The third-order valence-corrected chi connectivity index (χ3v) is 3.00. The molecule has 4 nitrogen and oxygen atoms in total. The van der Waals surface area contributed by atoms with Crippen molar-refractivity contribution >= 4 is 27.5 Å². The Labute approximate surface area is 123 Å². The molecular formula is C12H10BrClFN3O. The number of rotatable bonds is 4. The summed E-state index contributed by atoms with van der Waals surface area (Å²) in [5, 5.41) is -0.0320. The highest BCUT2D eigenvalue weighted by molar-refractivity contribution is 9.10. The van der Waals surface area contributed by atoms with E-state index in [-0.39, 0.29) is 22.7 Å². The third kappa shape index (κ3) is 3.39. The average molecular weight is 347 g/mol. The zero-order chi connectivity index (χ0) is 13.8. The van der Waals surface area contributed by atoms with Crippen LogP contribution in [0.4, 0.5) is 4.39 Å². The van der Waals surface area contributed by atoms with Gasteiger partial charge in [0.15, 0.2) is 5.82 Å². The molecule has 0 aliphatic rings. The van der Waals surface area contributed by atoms with Gasteiger partial charge in [-0.15, -0.1) is 0 Å². The summed E-state index contributed by atoms with van der Waals surface area (Å²) in [5.74, 6) is -0.309. The van der Waals surface area contributed by atoms with Crippen LogP contribution < -0.4 is 4.74 Å². The predicted octanol–water partition coefficient (Wildman–Crippen LogP) is 3.88. The Morgan fingerprint density at radius 1 is 1.32 bits per heavy atom. The van der Waals surface area contributed by atoms with E-state index in [0.717, 1.165) is 6.42 Å². The van der Waals surface area contributed by atoms with E-state index >= 15 is 0 Å². The Hall–Kier alpha value is -1.27. The van der Waals surface area contributed by atoms with Gasteiger partial charge in [0.05, 0.1) is 16.6 Å². The number of halogens is 3. The van der Waals surface area contributed by atoms with Crippen LogP contribution in [0.1, 0.15) is 13.3 Å². The Balaban J connectivity index is 2.44.